The smallest absolute Gasteiger partial charge is 0.338 e. The molecule has 15 heteroatoms. The van der Waals surface area contributed by atoms with Gasteiger partial charge in [-0.05, 0) is 30.3 Å². The molecule has 0 aliphatic carbocycles. The summed E-state index contributed by atoms with van der Waals surface area (Å²) in [5, 5.41) is 89.1. The fraction of sp³-hybridized carbons (Fsp3) is 0.185. The third-order valence-electron chi connectivity index (χ3n) is 6.39. The van der Waals surface area contributed by atoms with Crippen LogP contribution in [0, 0.1) is 0 Å². The summed E-state index contributed by atoms with van der Waals surface area (Å²) in [6, 6.07) is 6.90. The molecule has 9 N–H and O–H groups in total. The fourth-order valence-corrected chi connectivity index (χ4v) is 4.26. The van der Waals surface area contributed by atoms with E-state index in [9.17, 15) is 55.5 Å². The van der Waals surface area contributed by atoms with Crippen molar-refractivity contribution in [2.75, 3.05) is 6.61 Å². The van der Waals surface area contributed by atoms with Crippen LogP contribution in [0.3, 0.4) is 0 Å². The Kier molecular flexibility index (Phi) is 7.07. The molecule has 0 unspecified atom stereocenters. The van der Waals surface area contributed by atoms with Gasteiger partial charge in [-0.25, -0.2) is 4.79 Å². The number of ether oxygens (including phenoxy) is 3. The Hall–Kier alpha value is -5.38. The van der Waals surface area contributed by atoms with Crippen LogP contribution in [0.1, 0.15) is 10.4 Å². The minimum atomic E-state index is -1.82. The van der Waals surface area contributed by atoms with Crippen LogP contribution in [0.2, 0.25) is 0 Å². The standard InChI is InChI=1S/C27H22O15/c28-11-6-14(31)19-17(7-11)40-24(9-1-2-12(29)13(30)3-9)25(22(19)36)42-27-23(37)21(35)18(41-27)8-39-26(38)10-4-15(32)20(34)16(33)5-10/h1-7,18,21,23,27-35,37H,8H2/t18-,21+,23-,27+/m1/s1. The molecule has 0 spiro atoms. The minimum Gasteiger partial charge on any atom is -0.508 e. The third-order valence-corrected chi connectivity index (χ3v) is 6.39. The Labute approximate surface area is 233 Å². The van der Waals surface area contributed by atoms with E-state index >= 15 is 0 Å². The van der Waals surface area contributed by atoms with Gasteiger partial charge in [-0.1, -0.05) is 0 Å². The molecule has 42 heavy (non-hydrogen) atoms. The van der Waals surface area contributed by atoms with E-state index in [0.29, 0.717) is 0 Å². The van der Waals surface area contributed by atoms with E-state index < -0.39 is 94.0 Å². The highest BCUT2D eigenvalue weighted by molar-refractivity contribution is 5.91. The van der Waals surface area contributed by atoms with Crippen molar-refractivity contribution in [3.8, 4) is 57.3 Å². The zero-order valence-electron chi connectivity index (χ0n) is 21.0. The number of aromatic hydroxyl groups is 7. The number of phenols is 7. The molecule has 2 heterocycles. The van der Waals surface area contributed by atoms with Gasteiger partial charge in [0.05, 0.1) is 5.56 Å². The summed E-state index contributed by atoms with van der Waals surface area (Å²) in [5.74, 6) is -6.77. The summed E-state index contributed by atoms with van der Waals surface area (Å²) in [4.78, 5) is 25.8. The summed E-state index contributed by atoms with van der Waals surface area (Å²) in [6.45, 7) is -0.676. The minimum absolute atomic E-state index is 0.0129. The zero-order valence-corrected chi connectivity index (χ0v) is 21.0. The van der Waals surface area contributed by atoms with E-state index in [0.717, 1.165) is 36.4 Å². The van der Waals surface area contributed by atoms with Crippen LogP contribution in [0.4, 0.5) is 0 Å². The first-order valence-corrected chi connectivity index (χ1v) is 12.0. The van der Waals surface area contributed by atoms with Crippen molar-refractivity contribution in [3.63, 3.8) is 0 Å². The Balaban J connectivity index is 1.44. The molecular formula is C27H22O15. The number of hydrogen-bond donors (Lipinski definition) is 9. The van der Waals surface area contributed by atoms with E-state index in [2.05, 4.69) is 0 Å². The van der Waals surface area contributed by atoms with Gasteiger partial charge in [0.2, 0.25) is 17.5 Å². The molecule has 1 fully saturated rings. The average Bonchev–Trinajstić information content (AvgIpc) is 3.20. The van der Waals surface area contributed by atoms with Crippen LogP contribution in [-0.2, 0) is 9.47 Å². The van der Waals surface area contributed by atoms with Crippen LogP contribution in [0.5, 0.6) is 46.0 Å². The normalized spacial score (nSPS) is 20.0. The van der Waals surface area contributed by atoms with Crippen molar-refractivity contribution in [1.82, 2.24) is 0 Å². The van der Waals surface area contributed by atoms with Gasteiger partial charge in [0, 0.05) is 17.7 Å². The molecule has 15 nitrogen and oxygen atoms in total. The molecule has 3 aromatic carbocycles. The van der Waals surface area contributed by atoms with Crippen LogP contribution >= 0.6 is 0 Å². The van der Waals surface area contributed by atoms with Crippen molar-refractivity contribution in [3.05, 3.63) is 58.3 Å². The highest BCUT2D eigenvalue weighted by Crippen LogP contribution is 2.40. The summed E-state index contributed by atoms with van der Waals surface area (Å²) in [5.41, 5.74) is -1.65. The SMILES string of the molecule is O=C(OC[C@H]1O[C@@H](Oc2c(-c3ccc(O)c(O)c3)oc3cc(O)cc(O)c3c2=O)[C@H](O)[C@H]1O)c1cc(O)c(O)c(O)c1. The maximum atomic E-state index is 13.4. The lowest BCUT2D eigenvalue weighted by atomic mass is 10.1. The highest BCUT2D eigenvalue weighted by Gasteiger charge is 2.46. The van der Waals surface area contributed by atoms with Crippen LogP contribution < -0.4 is 10.2 Å². The fourth-order valence-electron chi connectivity index (χ4n) is 4.26. The second-order valence-electron chi connectivity index (χ2n) is 9.23. The molecule has 1 aliphatic rings. The van der Waals surface area contributed by atoms with Gasteiger partial charge < -0.3 is 64.6 Å². The van der Waals surface area contributed by atoms with Crippen LogP contribution in [0.25, 0.3) is 22.3 Å². The lowest BCUT2D eigenvalue weighted by Crippen LogP contribution is -2.36. The summed E-state index contributed by atoms with van der Waals surface area (Å²) in [7, 11) is 0. The first-order chi connectivity index (χ1) is 19.8. The van der Waals surface area contributed by atoms with E-state index in [1.54, 1.807) is 0 Å². The molecule has 1 saturated heterocycles. The Morgan fingerprint density at radius 2 is 1.50 bits per heavy atom. The van der Waals surface area contributed by atoms with Gasteiger partial charge >= 0.3 is 5.97 Å². The highest BCUT2D eigenvalue weighted by atomic mass is 16.7. The molecule has 220 valence electrons. The Morgan fingerprint density at radius 3 is 2.17 bits per heavy atom. The van der Waals surface area contributed by atoms with Crippen molar-refractivity contribution >= 4 is 16.9 Å². The maximum Gasteiger partial charge on any atom is 0.338 e. The predicted octanol–water partition coefficient (Wildman–Crippen LogP) is 1.08. The molecule has 1 aliphatic heterocycles. The Bertz CT molecular complexity index is 1740. The second kappa shape index (κ2) is 10.5. The average molecular weight is 586 g/mol. The summed E-state index contributed by atoms with van der Waals surface area (Å²) < 4.78 is 21.8. The van der Waals surface area contributed by atoms with Crippen molar-refractivity contribution in [2.24, 2.45) is 0 Å². The number of carbonyl (C=O) groups excluding carboxylic acids is 1. The number of aliphatic hydroxyl groups excluding tert-OH is 2. The number of esters is 1. The monoisotopic (exact) mass is 586 g/mol. The van der Waals surface area contributed by atoms with E-state index in [1.807, 2.05) is 0 Å². The van der Waals surface area contributed by atoms with Gasteiger partial charge in [0.15, 0.2) is 34.5 Å². The topological polar surface area (TPSA) is 257 Å². The van der Waals surface area contributed by atoms with Crippen LogP contribution in [-0.4, -0.2) is 83.1 Å². The Morgan fingerprint density at radius 1 is 0.810 bits per heavy atom. The lowest BCUT2D eigenvalue weighted by molar-refractivity contribution is -0.118. The molecule has 0 saturated carbocycles. The van der Waals surface area contributed by atoms with Gasteiger partial charge in [-0.2, -0.15) is 0 Å². The maximum absolute atomic E-state index is 13.4. The number of fused-ring (bicyclic) bond motifs is 1. The second-order valence-corrected chi connectivity index (χ2v) is 9.23. The largest absolute Gasteiger partial charge is 0.508 e. The van der Waals surface area contributed by atoms with E-state index in [4.69, 9.17) is 18.6 Å². The molecule has 0 amide bonds. The van der Waals surface area contributed by atoms with Crippen molar-refractivity contribution < 1.29 is 69.4 Å². The zero-order chi connectivity index (χ0) is 30.5. The van der Waals surface area contributed by atoms with Gasteiger partial charge in [-0.3, -0.25) is 4.79 Å². The molecule has 5 rings (SSSR count). The lowest BCUT2D eigenvalue weighted by Gasteiger charge is -2.19. The van der Waals surface area contributed by atoms with Crippen molar-refractivity contribution in [2.45, 2.75) is 24.6 Å². The molecule has 4 atom stereocenters. The quantitative estimate of drug-likeness (QED) is 0.113. The van der Waals surface area contributed by atoms with Crippen molar-refractivity contribution in [1.29, 1.82) is 0 Å². The first kappa shape index (κ1) is 28.2. The van der Waals surface area contributed by atoms with Crippen LogP contribution in [0.15, 0.2) is 51.7 Å². The number of rotatable bonds is 6. The number of carbonyl (C=O) groups is 1. The molecular weight excluding hydrogens is 564 g/mol. The first-order valence-electron chi connectivity index (χ1n) is 12.0. The van der Waals surface area contributed by atoms with E-state index in [1.165, 1.54) is 6.07 Å². The number of phenolic OH excluding ortho intramolecular Hbond substituents is 7. The number of benzene rings is 3. The number of hydrogen-bond acceptors (Lipinski definition) is 15. The van der Waals surface area contributed by atoms with Gasteiger partial charge in [0.25, 0.3) is 0 Å². The van der Waals surface area contributed by atoms with Gasteiger partial charge in [-0.15, -0.1) is 0 Å². The number of aliphatic hydroxyl groups is 2. The summed E-state index contributed by atoms with van der Waals surface area (Å²) in [6.07, 6.45) is -6.72. The predicted molar refractivity (Wildman–Crippen MR) is 138 cm³/mol. The molecule has 0 radical (unpaired) electrons. The molecule has 4 aromatic rings. The molecule has 0 bridgehead atoms. The third kappa shape index (κ3) is 4.98. The summed E-state index contributed by atoms with van der Waals surface area (Å²) >= 11 is 0. The van der Waals surface area contributed by atoms with E-state index in [-0.39, 0.29) is 22.5 Å². The van der Waals surface area contributed by atoms with Gasteiger partial charge in [0.1, 0.15) is 47.4 Å². The molecule has 1 aromatic heterocycles.